The molecule has 0 spiro atoms. The molecule has 5 rings (SSSR count). The van der Waals surface area contributed by atoms with Crippen molar-refractivity contribution in [3.8, 4) is 0 Å². The van der Waals surface area contributed by atoms with Crippen LogP contribution in [-0.2, 0) is 11.2 Å². The molecule has 3 N–H and O–H groups in total. The standard InChI is InChI=1S/C19H19N7O2S/c1-19(28)8-26(9-19)15(27)5-4-14-24-16-17(20-10-21-18(16)29-14)23-12-2-3-13-11(6-12)7-22-25-13/h2-3,6-7,10,28H,4-5,8-9H2,1H3,(H,22,25)(H,20,21,23). The number of likely N-dealkylation sites (tertiary alicyclic amines) is 1. The van der Waals surface area contributed by atoms with Crippen molar-refractivity contribution in [3.05, 3.63) is 35.7 Å². The van der Waals surface area contributed by atoms with Gasteiger partial charge in [0.2, 0.25) is 5.91 Å². The minimum absolute atomic E-state index is 0.0358. The second-order valence-corrected chi connectivity index (χ2v) is 8.59. The van der Waals surface area contributed by atoms with E-state index in [1.807, 2.05) is 18.2 Å². The third-order valence-electron chi connectivity index (χ3n) is 4.91. The molecule has 1 aliphatic heterocycles. The van der Waals surface area contributed by atoms with Crippen molar-refractivity contribution in [2.24, 2.45) is 0 Å². The molecule has 1 saturated heterocycles. The Morgan fingerprint density at radius 3 is 3.07 bits per heavy atom. The number of nitrogens with zero attached hydrogens (tertiary/aromatic N) is 5. The number of carbonyl (C=O) groups is 1. The lowest BCUT2D eigenvalue weighted by molar-refractivity contribution is -0.152. The van der Waals surface area contributed by atoms with Crippen LogP contribution >= 0.6 is 11.3 Å². The van der Waals surface area contributed by atoms with Crippen molar-refractivity contribution >= 4 is 50.0 Å². The van der Waals surface area contributed by atoms with Crippen molar-refractivity contribution in [3.63, 3.8) is 0 Å². The molecule has 1 amide bonds. The fourth-order valence-corrected chi connectivity index (χ4v) is 4.38. The number of nitrogens with one attached hydrogen (secondary N) is 2. The molecule has 0 atom stereocenters. The third-order valence-corrected chi connectivity index (χ3v) is 5.93. The third kappa shape index (κ3) is 3.52. The van der Waals surface area contributed by atoms with Crippen molar-refractivity contribution in [1.82, 2.24) is 30.0 Å². The quantitative estimate of drug-likeness (QED) is 0.462. The predicted molar refractivity (Wildman–Crippen MR) is 110 cm³/mol. The Hall–Kier alpha value is -3.11. The molecular formula is C19H19N7O2S. The van der Waals surface area contributed by atoms with Gasteiger partial charge in [-0.3, -0.25) is 9.89 Å². The van der Waals surface area contributed by atoms with E-state index in [1.54, 1.807) is 18.0 Å². The highest BCUT2D eigenvalue weighted by Gasteiger charge is 2.38. The lowest BCUT2D eigenvalue weighted by atomic mass is 9.96. The Labute approximate surface area is 169 Å². The van der Waals surface area contributed by atoms with Gasteiger partial charge in [0.15, 0.2) is 5.82 Å². The second-order valence-electron chi connectivity index (χ2n) is 7.53. The topological polar surface area (TPSA) is 120 Å². The number of anilines is 2. The van der Waals surface area contributed by atoms with Crippen LogP contribution in [0.3, 0.4) is 0 Å². The lowest BCUT2D eigenvalue weighted by Crippen LogP contribution is -2.61. The lowest BCUT2D eigenvalue weighted by Gasteiger charge is -2.44. The molecule has 148 valence electrons. The summed E-state index contributed by atoms with van der Waals surface area (Å²) in [5.74, 6) is 0.666. The Bertz CT molecular complexity index is 1210. The maximum Gasteiger partial charge on any atom is 0.223 e. The Kier molecular flexibility index (Phi) is 4.18. The zero-order chi connectivity index (χ0) is 20.0. The fourth-order valence-electron chi connectivity index (χ4n) is 3.48. The van der Waals surface area contributed by atoms with E-state index in [1.165, 1.54) is 17.7 Å². The number of benzene rings is 1. The zero-order valence-corrected chi connectivity index (χ0v) is 16.5. The van der Waals surface area contributed by atoms with Gasteiger partial charge in [0.25, 0.3) is 0 Å². The van der Waals surface area contributed by atoms with Crippen LogP contribution in [0.25, 0.3) is 21.3 Å². The Morgan fingerprint density at radius 1 is 1.38 bits per heavy atom. The van der Waals surface area contributed by atoms with E-state index in [0.717, 1.165) is 26.4 Å². The van der Waals surface area contributed by atoms with Gasteiger partial charge in [-0.2, -0.15) is 5.10 Å². The van der Waals surface area contributed by atoms with E-state index in [9.17, 15) is 9.90 Å². The molecule has 1 aliphatic rings. The van der Waals surface area contributed by atoms with Crippen molar-refractivity contribution in [2.45, 2.75) is 25.4 Å². The van der Waals surface area contributed by atoms with Crippen LogP contribution in [0, 0.1) is 0 Å². The molecule has 4 heterocycles. The van der Waals surface area contributed by atoms with Crippen molar-refractivity contribution < 1.29 is 9.90 Å². The minimum atomic E-state index is -0.749. The molecular weight excluding hydrogens is 390 g/mol. The molecule has 0 radical (unpaired) electrons. The molecule has 0 unspecified atom stereocenters. The summed E-state index contributed by atoms with van der Waals surface area (Å²) in [7, 11) is 0. The predicted octanol–water partition coefficient (Wildman–Crippen LogP) is 2.23. The number of hydrogen-bond donors (Lipinski definition) is 3. The van der Waals surface area contributed by atoms with Crippen LogP contribution in [0.15, 0.2) is 30.7 Å². The highest BCUT2D eigenvalue weighted by Crippen LogP contribution is 2.29. The first-order chi connectivity index (χ1) is 14.0. The van der Waals surface area contributed by atoms with Gasteiger partial charge in [-0.1, -0.05) is 11.3 Å². The van der Waals surface area contributed by atoms with Crippen LogP contribution in [0.4, 0.5) is 11.5 Å². The fraction of sp³-hybridized carbons (Fsp3) is 0.316. The Morgan fingerprint density at radius 2 is 2.24 bits per heavy atom. The SMILES string of the molecule is CC1(O)CN(C(=O)CCc2nc3c(Nc4ccc5[nH]ncc5c4)ncnc3s2)C1. The minimum Gasteiger partial charge on any atom is -0.386 e. The first-order valence-corrected chi connectivity index (χ1v) is 10.1. The van der Waals surface area contributed by atoms with Gasteiger partial charge >= 0.3 is 0 Å². The van der Waals surface area contributed by atoms with Gasteiger partial charge in [0.1, 0.15) is 16.7 Å². The molecule has 10 heteroatoms. The first kappa shape index (κ1) is 18.0. The summed E-state index contributed by atoms with van der Waals surface area (Å²) >= 11 is 1.47. The summed E-state index contributed by atoms with van der Waals surface area (Å²) in [5, 5.41) is 21.9. The number of aliphatic hydroxyl groups is 1. The number of H-pyrrole nitrogens is 1. The normalized spacial score (nSPS) is 15.6. The van der Waals surface area contributed by atoms with E-state index >= 15 is 0 Å². The van der Waals surface area contributed by atoms with Crippen LogP contribution < -0.4 is 5.32 Å². The summed E-state index contributed by atoms with van der Waals surface area (Å²) in [6, 6.07) is 5.89. The molecule has 29 heavy (non-hydrogen) atoms. The average molecular weight is 409 g/mol. The summed E-state index contributed by atoms with van der Waals surface area (Å²) in [6.07, 6.45) is 4.18. The molecule has 0 saturated carbocycles. The summed E-state index contributed by atoms with van der Waals surface area (Å²) in [6.45, 7) is 2.53. The smallest absolute Gasteiger partial charge is 0.223 e. The van der Waals surface area contributed by atoms with Gasteiger partial charge in [-0.05, 0) is 25.1 Å². The molecule has 1 fully saturated rings. The number of thiazole rings is 1. The number of aromatic nitrogens is 5. The number of fused-ring (bicyclic) bond motifs is 2. The number of aromatic amines is 1. The van der Waals surface area contributed by atoms with Crippen LogP contribution in [-0.4, -0.2) is 59.8 Å². The molecule has 9 nitrogen and oxygen atoms in total. The maximum atomic E-state index is 12.2. The van der Waals surface area contributed by atoms with E-state index < -0.39 is 5.60 Å². The Balaban J connectivity index is 1.32. The van der Waals surface area contributed by atoms with Gasteiger partial charge in [0.05, 0.1) is 35.4 Å². The number of β-amino-alcohol motifs (C(OH)–C–C–N with tert-alkyl or cyclic N) is 1. The molecule has 1 aromatic carbocycles. The molecule has 0 aliphatic carbocycles. The van der Waals surface area contributed by atoms with Gasteiger partial charge in [-0.15, -0.1) is 0 Å². The van der Waals surface area contributed by atoms with Gasteiger partial charge < -0.3 is 15.3 Å². The molecule has 3 aromatic heterocycles. The number of rotatable bonds is 5. The van der Waals surface area contributed by atoms with Crippen molar-refractivity contribution in [2.75, 3.05) is 18.4 Å². The monoisotopic (exact) mass is 409 g/mol. The van der Waals surface area contributed by atoms with Crippen LogP contribution in [0.2, 0.25) is 0 Å². The summed E-state index contributed by atoms with van der Waals surface area (Å²) < 4.78 is 0. The average Bonchev–Trinajstić information content (AvgIpc) is 3.30. The summed E-state index contributed by atoms with van der Waals surface area (Å²) in [4.78, 5) is 28.0. The maximum absolute atomic E-state index is 12.2. The second kappa shape index (κ2) is 6.75. The number of aryl methyl sites for hydroxylation is 1. The zero-order valence-electron chi connectivity index (χ0n) is 15.7. The van der Waals surface area contributed by atoms with E-state index in [-0.39, 0.29) is 5.91 Å². The van der Waals surface area contributed by atoms with Gasteiger partial charge in [0, 0.05) is 23.9 Å². The number of carbonyl (C=O) groups excluding carboxylic acids is 1. The highest BCUT2D eigenvalue weighted by molar-refractivity contribution is 7.18. The van der Waals surface area contributed by atoms with Crippen LogP contribution in [0.1, 0.15) is 18.4 Å². The summed E-state index contributed by atoms with van der Waals surface area (Å²) in [5.41, 5.74) is 1.79. The first-order valence-electron chi connectivity index (χ1n) is 9.28. The largest absolute Gasteiger partial charge is 0.386 e. The molecule has 4 aromatic rings. The van der Waals surface area contributed by atoms with Crippen LogP contribution in [0.5, 0.6) is 0 Å². The molecule has 0 bridgehead atoms. The van der Waals surface area contributed by atoms with E-state index in [0.29, 0.717) is 37.3 Å². The van der Waals surface area contributed by atoms with Crippen molar-refractivity contribution in [1.29, 1.82) is 0 Å². The van der Waals surface area contributed by atoms with E-state index in [2.05, 4.69) is 30.5 Å². The highest BCUT2D eigenvalue weighted by atomic mass is 32.1. The number of amides is 1. The van der Waals surface area contributed by atoms with E-state index in [4.69, 9.17) is 0 Å². The number of hydrogen-bond acceptors (Lipinski definition) is 8. The van der Waals surface area contributed by atoms with Gasteiger partial charge in [-0.25, -0.2) is 15.0 Å².